The van der Waals surface area contributed by atoms with Gasteiger partial charge in [-0.3, -0.25) is 9.59 Å². The minimum absolute atomic E-state index is 0.104. The summed E-state index contributed by atoms with van der Waals surface area (Å²) in [5, 5.41) is 5.55. The van der Waals surface area contributed by atoms with Crippen molar-refractivity contribution >= 4 is 17.8 Å². The van der Waals surface area contributed by atoms with Crippen LogP contribution in [0.4, 0.5) is 4.79 Å². The van der Waals surface area contributed by atoms with Crippen molar-refractivity contribution in [3.8, 4) is 0 Å². The third-order valence-corrected chi connectivity index (χ3v) is 4.98. The van der Waals surface area contributed by atoms with Gasteiger partial charge in [0.15, 0.2) is 5.78 Å². The highest BCUT2D eigenvalue weighted by atomic mass is 16.6. The molecule has 2 amide bonds. The zero-order valence-electron chi connectivity index (χ0n) is 19.7. The van der Waals surface area contributed by atoms with Gasteiger partial charge < -0.3 is 15.4 Å². The molecule has 0 radical (unpaired) electrons. The van der Waals surface area contributed by atoms with Crippen molar-refractivity contribution < 1.29 is 19.1 Å². The Balaban J connectivity index is 1.76. The fourth-order valence-electron chi connectivity index (χ4n) is 3.40. The molecule has 0 heterocycles. The largest absolute Gasteiger partial charge is 0.444 e. The second-order valence-electron chi connectivity index (χ2n) is 9.00. The molecule has 0 fully saturated rings. The summed E-state index contributed by atoms with van der Waals surface area (Å²) >= 11 is 0. The molecule has 1 unspecified atom stereocenters. The Morgan fingerprint density at radius 1 is 0.794 bits per heavy atom. The molecule has 0 aliphatic heterocycles. The molecule has 6 nitrogen and oxygen atoms in total. The van der Waals surface area contributed by atoms with Crippen LogP contribution in [0.1, 0.15) is 47.8 Å². The average molecular weight is 459 g/mol. The molecule has 3 aromatic carbocycles. The van der Waals surface area contributed by atoms with E-state index < -0.39 is 17.7 Å². The number of hydrogen-bond acceptors (Lipinski definition) is 4. The molecule has 0 saturated carbocycles. The Bertz CT molecular complexity index is 1120. The number of ether oxygens (including phenoxy) is 1. The molecular formula is C28H30N2O4. The zero-order chi connectivity index (χ0) is 24.6. The van der Waals surface area contributed by atoms with Crippen LogP contribution in [0.25, 0.3) is 0 Å². The summed E-state index contributed by atoms with van der Waals surface area (Å²) in [6, 6.07) is 24.8. The standard InChI is InChI=1S/C28H30N2O4/c1-28(2,3)34-27(33)30-24(26(32)29-19-20-11-6-4-7-12-20)18-21-13-10-16-23(17-21)25(31)22-14-8-5-9-15-22/h4-17,24H,18-19H2,1-3H3,(H,29,32)(H,30,33). The van der Waals surface area contributed by atoms with Gasteiger partial charge in [-0.15, -0.1) is 0 Å². The Kier molecular flexibility index (Phi) is 8.19. The molecule has 1 atom stereocenters. The lowest BCUT2D eigenvalue weighted by Crippen LogP contribution is -2.49. The normalized spacial score (nSPS) is 11.9. The second kappa shape index (κ2) is 11.3. The summed E-state index contributed by atoms with van der Waals surface area (Å²) in [6.07, 6.45) is -0.473. The molecule has 3 rings (SSSR count). The molecule has 0 aromatic heterocycles. The van der Waals surface area contributed by atoms with Crippen molar-refractivity contribution in [2.45, 2.75) is 45.4 Å². The Morgan fingerprint density at radius 2 is 1.38 bits per heavy atom. The highest BCUT2D eigenvalue weighted by molar-refractivity contribution is 6.09. The summed E-state index contributed by atoms with van der Waals surface area (Å²) in [6.45, 7) is 5.61. The van der Waals surface area contributed by atoms with Gasteiger partial charge in [0.2, 0.25) is 5.91 Å². The second-order valence-corrected chi connectivity index (χ2v) is 9.00. The molecule has 3 aromatic rings. The molecule has 0 aliphatic carbocycles. The maximum absolute atomic E-state index is 13.0. The first kappa shape index (κ1) is 24.7. The number of ketones is 1. The van der Waals surface area contributed by atoms with Crippen molar-refractivity contribution in [3.05, 3.63) is 107 Å². The summed E-state index contributed by atoms with van der Waals surface area (Å²) in [5.74, 6) is -0.442. The molecule has 34 heavy (non-hydrogen) atoms. The average Bonchev–Trinajstić information content (AvgIpc) is 2.82. The van der Waals surface area contributed by atoms with Crippen molar-refractivity contribution in [2.75, 3.05) is 0 Å². The van der Waals surface area contributed by atoms with E-state index in [1.165, 1.54) is 0 Å². The fraction of sp³-hybridized carbons (Fsp3) is 0.250. The summed E-state index contributed by atoms with van der Waals surface area (Å²) in [4.78, 5) is 38.3. The minimum atomic E-state index is -0.874. The topological polar surface area (TPSA) is 84.5 Å². The van der Waals surface area contributed by atoms with Crippen molar-refractivity contribution in [3.63, 3.8) is 0 Å². The Morgan fingerprint density at radius 3 is 2.03 bits per heavy atom. The van der Waals surface area contributed by atoms with E-state index in [0.717, 1.165) is 11.1 Å². The summed E-state index contributed by atoms with van der Waals surface area (Å²) in [5.41, 5.74) is 2.10. The molecule has 0 bridgehead atoms. The highest BCUT2D eigenvalue weighted by Gasteiger charge is 2.25. The third kappa shape index (κ3) is 7.59. The van der Waals surface area contributed by atoms with Crippen LogP contribution in [0.3, 0.4) is 0 Å². The smallest absolute Gasteiger partial charge is 0.408 e. The monoisotopic (exact) mass is 458 g/mol. The van der Waals surface area contributed by atoms with Gasteiger partial charge in [-0.05, 0) is 38.0 Å². The minimum Gasteiger partial charge on any atom is -0.444 e. The van der Waals surface area contributed by atoms with Gasteiger partial charge in [0, 0.05) is 24.1 Å². The number of rotatable bonds is 8. The number of hydrogen-bond donors (Lipinski definition) is 2. The van der Waals surface area contributed by atoms with Crippen LogP contribution in [0, 0.1) is 0 Å². The number of nitrogens with one attached hydrogen (secondary N) is 2. The zero-order valence-corrected chi connectivity index (χ0v) is 19.7. The maximum atomic E-state index is 13.0. The van der Waals surface area contributed by atoms with Crippen LogP contribution in [-0.4, -0.2) is 29.4 Å². The quantitative estimate of drug-likeness (QED) is 0.481. The van der Waals surface area contributed by atoms with Crippen molar-refractivity contribution in [1.29, 1.82) is 0 Å². The van der Waals surface area contributed by atoms with Gasteiger partial charge >= 0.3 is 6.09 Å². The lowest BCUT2D eigenvalue weighted by molar-refractivity contribution is -0.123. The number of alkyl carbamates (subject to hydrolysis) is 1. The van der Waals surface area contributed by atoms with E-state index in [1.807, 2.05) is 54.6 Å². The Labute approximate surface area is 200 Å². The van der Waals surface area contributed by atoms with E-state index in [9.17, 15) is 14.4 Å². The van der Waals surface area contributed by atoms with E-state index in [-0.39, 0.29) is 18.1 Å². The SMILES string of the molecule is CC(C)(C)OC(=O)NC(Cc1cccc(C(=O)c2ccccc2)c1)C(=O)NCc1ccccc1. The number of carbonyl (C=O) groups excluding carboxylic acids is 3. The van der Waals surface area contributed by atoms with E-state index in [4.69, 9.17) is 4.74 Å². The molecule has 0 spiro atoms. The van der Waals surface area contributed by atoms with E-state index >= 15 is 0 Å². The van der Waals surface area contributed by atoms with Crippen molar-refractivity contribution in [1.82, 2.24) is 10.6 Å². The number of benzene rings is 3. The van der Waals surface area contributed by atoms with E-state index in [2.05, 4.69) is 10.6 Å². The molecule has 176 valence electrons. The van der Waals surface area contributed by atoms with Gasteiger partial charge in [0.1, 0.15) is 11.6 Å². The van der Waals surface area contributed by atoms with Gasteiger partial charge in [0.25, 0.3) is 0 Å². The number of carbonyl (C=O) groups is 3. The van der Waals surface area contributed by atoms with Crippen LogP contribution in [0.2, 0.25) is 0 Å². The first-order chi connectivity index (χ1) is 16.2. The predicted octanol–water partition coefficient (Wildman–Crippen LogP) is 4.67. The fourth-order valence-corrected chi connectivity index (χ4v) is 3.40. The first-order valence-electron chi connectivity index (χ1n) is 11.2. The molecule has 2 N–H and O–H groups in total. The molecular weight excluding hydrogens is 428 g/mol. The molecule has 0 aliphatic rings. The van der Waals surface area contributed by atoms with Crippen molar-refractivity contribution in [2.24, 2.45) is 0 Å². The van der Waals surface area contributed by atoms with Gasteiger partial charge in [-0.1, -0.05) is 78.9 Å². The van der Waals surface area contributed by atoms with Crippen LogP contribution >= 0.6 is 0 Å². The number of amides is 2. The maximum Gasteiger partial charge on any atom is 0.408 e. The summed E-state index contributed by atoms with van der Waals surface area (Å²) in [7, 11) is 0. The van der Waals surface area contributed by atoms with Crippen LogP contribution in [-0.2, 0) is 22.5 Å². The predicted molar refractivity (Wildman–Crippen MR) is 131 cm³/mol. The lowest BCUT2D eigenvalue weighted by atomic mass is 9.98. The van der Waals surface area contributed by atoms with Crippen LogP contribution < -0.4 is 10.6 Å². The van der Waals surface area contributed by atoms with Crippen LogP contribution in [0.15, 0.2) is 84.9 Å². The van der Waals surface area contributed by atoms with Gasteiger partial charge in [0.05, 0.1) is 0 Å². The molecule has 6 heteroatoms. The molecule has 0 saturated heterocycles. The third-order valence-electron chi connectivity index (χ3n) is 4.98. The van der Waals surface area contributed by atoms with Gasteiger partial charge in [-0.25, -0.2) is 4.79 Å². The highest BCUT2D eigenvalue weighted by Crippen LogP contribution is 2.14. The summed E-state index contributed by atoms with van der Waals surface area (Å²) < 4.78 is 5.35. The van der Waals surface area contributed by atoms with Crippen LogP contribution in [0.5, 0.6) is 0 Å². The first-order valence-corrected chi connectivity index (χ1v) is 11.2. The Hall–Kier alpha value is -3.93. The van der Waals surface area contributed by atoms with E-state index in [1.54, 1.807) is 51.1 Å². The van der Waals surface area contributed by atoms with Gasteiger partial charge in [-0.2, -0.15) is 0 Å². The lowest BCUT2D eigenvalue weighted by Gasteiger charge is -2.23. The van der Waals surface area contributed by atoms with E-state index in [0.29, 0.717) is 17.7 Å².